The first kappa shape index (κ1) is 27.7. The molecule has 2 heterocycles. The minimum atomic E-state index is -2.43. The summed E-state index contributed by atoms with van der Waals surface area (Å²) in [7, 11) is 0. The van der Waals surface area contributed by atoms with Crippen LogP contribution in [0, 0.1) is 17.3 Å². The number of hydrogen-bond donors (Lipinski definition) is 7. The molecule has 181 valence electrons. The average molecular weight is 498 g/mol. The Hall–Kier alpha value is 0.0664. The third-order valence-electron chi connectivity index (χ3n) is 7.68. The van der Waals surface area contributed by atoms with Gasteiger partial charge in [0.1, 0.15) is 24.4 Å². The van der Waals surface area contributed by atoms with Crippen LogP contribution in [0.15, 0.2) is 16.7 Å². The van der Waals surface area contributed by atoms with Crippen LogP contribution in [0.2, 0.25) is 0 Å². The molecule has 33 heavy (non-hydrogen) atoms. The van der Waals surface area contributed by atoms with Crippen molar-refractivity contribution in [3.05, 3.63) is 23.7 Å². The molecule has 12 heteroatoms. The van der Waals surface area contributed by atoms with Gasteiger partial charge >= 0.3 is 5.97 Å². The maximum atomic E-state index is 12.3. The van der Waals surface area contributed by atoms with E-state index in [0.29, 0.717) is 6.42 Å². The predicted molar refractivity (Wildman–Crippen MR) is 110 cm³/mol. The van der Waals surface area contributed by atoms with Crippen molar-refractivity contribution in [3.8, 4) is 0 Å². The van der Waals surface area contributed by atoms with Gasteiger partial charge in [-0.15, -0.1) is 0 Å². The third kappa shape index (κ3) is 4.10. The van der Waals surface area contributed by atoms with Gasteiger partial charge in [0.25, 0.3) is 0 Å². The van der Waals surface area contributed by atoms with Crippen LogP contribution in [0.1, 0.15) is 44.1 Å². The SMILES string of the molecule is C[C@H]1C(O[C@@H]2O[C@H](CO)[C@@H](O)[C@H](O)[C@H]2O)CC[C@]2(C)[C@H](O)c3ccoc3C(O)(C(=O)O)[C@@H]12.[K]. The number of furan rings is 1. The molecule has 11 nitrogen and oxygen atoms in total. The zero-order chi connectivity index (χ0) is 23.6. The van der Waals surface area contributed by atoms with E-state index in [4.69, 9.17) is 13.9 Å². The van der Waals surface area contributed by atoms with E-state index in [1.165, 1.54) is 12.3 Å². The largest absolute Gasteiger partial charge is 0.479 e. The van der Waals surface area contributed by atoms with Crippen molar-refractivity contribution < 1.29 is 54.4 Å². The Balaban J connectivity index is 0.00000306. The summed E-state index contributed by atoms with van der Waals surface area (Å²) in [6.45, 7) is 2.77. The van der Waals surface area contributed by atoms with Gasteiger partial charge in [0.05, 0.1) is 25.1 Å². The molecule has 0 spiro atoms. The third-order valence-corrected chi connectivity index (χ3v) is 7.68. The van der Waals surface area contributed by atoms with Crippen molar-refractivity contribution in [1.29, 1.82) is 0 Å². The fourth-order valence-electron chi connectivity index (χ4n) is 5.97. The molecule has 0 amide bonds. The van der Waals surface area contributed by atoms with Crippen molar-refractivity contribution in [2.24, 2.45) is 17.3 Å². The van der Waals surface area contributed by atoms with Crippen molar-refractivity contribution >= 4 is 57.4 Å². The summed E-state index contributed by atoms with van der Waals surface area (Å²) >= 11 is 0. The Morgan fingerprint density at radius 3 is 2.48 bits per heavy atom. The summed E-state index contributed by atoms with van der Waals surface area (Å²) in [5, 5.41) is 72.2. The van der Waals surface area contributed by atoms with E-state index in [1.54, 1.807) is 13.8 Å². The van der Waals surface area contributed by atoms with Crippen LogP contribution >= 0.6 is 0 Å². The first-order chi connectivity index (χ1) is 15.0. The zero-order valence-electron chi connectivity index (χ0n) is 18.7. The number of fused-ring (bicyclic) bond motifs is 2. The number of aliphatic hydroxyl groups excluding tert-OH is 5. The van der Waals surface area contributed by atoms with E-state index in [-0.39, 0.29) is 69.1 Å². The second kappa shape index (κ2) is 9.85. The van der Waals surface area contributed by atoms with Crippen molar-refractivity contribution in [3.63, 3.8) is 0 Å². The van der Waals surface area contributed by atoms with E-state index in [9.17, 15) is 40.5 Å². The van der Waals surface area contributed by atoms with Crippen LogP contribution < -0.4 is 0 Å². The number of aliphatic carboxylic acids is 1. The number of aliphatic hydroxyl groups is 6. The summed E-state index contributed by atoms with van der Waals surface area (Å²) in [5.41, 5.74) is -3.21. The van der Waals surface area contributed by atoms with Crippen molar-refractivity contribution in [2.45, 2.75) is 75.2 Å². The Labute approximate surface area is 232 Å². The minimum absolute atomic E-state index is 0. The Morgan fingerprint density at radius 2 is 1.88 bits per heavy atom. The van der Waals surface area contributed by atoms with Gasteiger partial charge in [0.15, 0.2) is 12.1 Å². The van der Waals surface area contributed by atoms with Crippen molar-refractivity contribution in [1.82, 2.24) is 0 Å². The molecule has 0 aromatic carbocycles. The molecule has 1 radical (unpaired) electrons. The first-order valence-electron chi connectivity index (χ1n) is 10.7. The molecule has 7 N–H and O–H groups in total. The second-order valence-electron chi connectivity index (χ2n) is 9.43. The smallest absolute Gasteiger partial charge is 0.344 e. The molecule has 2 fully saturated rings. The molecule has 1 aromatic heterocycles. The van der Waals surface area contributed by atoms with E-state index in [2.05, 4.69) is 0 Å². The maximum absolute atomic E-state index is 12.3. The molecule has 2 aliphatic carbocycles. The number of ether oxygens (including phenoxy) is 2. The van der Waals surface area contributed by atoms with E-state index < -0.39 is 78.3 Å². The molecule has 3 aliphatic rings. The standard InChI is InChI=1S/C21H30O11.K/c1-8-10(31-18-14(25)13(24)12(23)11(7-22)32-18)3-5-20(2)15(8)21(29,19(27)28)17-9(16(20)26)4-6-30-17;/h4,6,8,10-16,18,22-26,29H,3,5,7H2,1-2H3,(H,27,28);/t8-,10?,11+,12+,13-,14+,15-,16+,18+,20-,21?;/m0./s1. The first-order valence-corrected chi connectivity index (χ1v) is 10.7. The van der Waals surface area contributed by atoms with Gasteiger partial charge in [-0.3, -0.25) is 0 Å². The van der Waals surface area contributed by atoms with Gasteiger partial charge in [0.2, 0.25) is 5.60 Å². The van der Waals surface area contributed by atoms with E-state index in [0.717, 1.165) is 0 Å². The van der Waals surface area contributed by atoms with Gasteiger partial charge < -0.3 is 49.6 Å². The normalized spacial score (nSPS) is 47.2. The maximum Gasteiger partial charge on any atom is 0.344 e. The Bertz CT molecular complexity index is 861. The van der Waals surface area contributed by atoms with Crippen LogP contribution in [0.25, 0.3) is 0 Å². The summed E-state index contributed by atoms with van der Waals surface area (Å²) in [6.07, 6.45) is -7.27. The van der Waals surface area contributed by atoms with Crippen molar-refractivity contribution in [2.75, 3.05) is 6.61 Å². The molecular formula is C21H30KO11. The number of carbonyl (C=O) groups is 1. The molecule has 1 aliphatic heterocycles. The fraction of sp³-hybridized carbons (Fsp3) is 0.762. The van der Waals surface area contributed by atoms with Gasteiger partial charge in [0, 0.05) is 68.3 Å². The van der Waals surface area contributed by atoms with Crippen LogP contribution in [0.5, 0.6) is 0 Å². The quantitative estimate of drug-likeness (QED) is 0.239. The Kier molecular flexibility index (Phi) is 8.25. The molecule has 4 rings (SSSR count). The molecule has 2 unspecified atom stereocenters. The molecule has 1 saturated heterocycles. The summed E-state index contributed by atoms with van der Waals surface area (Å²) in [4.78, 5) is 12.3. The molecule has 0 bridgehead atoms. The van der Waals surface area contributed by atoms with Crippen LogP contribution in [0.3, 0.4) is 0 Å². The van der Waals surface area contributed by atoms with E-state index >= 15 is 0 Å². The van der Waals surface area contributed by atoms with Crippen LogP contribution in [-0.2, 0) is 19.9 Å². The van der Waals surface area contributed by atoms with Crippen LogP contribution in [0.4, 0.5) is 0 Å². The number of carboxylic acid groups (broad SMARTS) is 1. The summed E-state index contributed by atoms with van der Waals surface area (Å²) in [5.74, 6) is -3.42. The molecule has 11 atom stereocenters. The summed E-state index contributed by atoms with van der Waals surface area (Å²) in [6, 6.07) is 1.45. The zero-order valence-corrected chi connectivity index (χ0v) is 21.9. The number of carboxylic acids is 1. The predicted octanol–water partition coefficient (Wildman–Crippen LogP) is -1.54. The number of hydrogen-bond acceptors (Lipinski definition) is 10. The van der Waals surface area contributed by atoms with Crippen LogP contribution in [-0.4, -0.2) is 137 Å². The second-order valence-corrected chi connectivity index (χ2v) is 9.43. The molecule has 1 saturated carbocycles. The van der Waals surface area contributed by atoms with Gasteiger partial charge in [-0.25, -0.2) is 4.79 Å². The minimum Gasteiger partial charge on any atom is -0.479 e. The van der Waals surface area contributed by atoms with Gasteiger partial charge in [-0.2, -0.15) is 0 Å². The molecule has 1 aromatic rings. The van der Waals surface area contributed by atoms with E-state index in [1.807, 2.05) is 0 Å². The molecular weight excluding hydrogens is 467 g/mol. The summed E-state index contributed by atoms with van der Waals surface area (Å²) < 4.78 is 16.7. The van der Waals surface area contributed by atoms with Gasteiger partial charge in [-0.05, 0) is 24.8 Å². The average Bonchev–Trinajstić information content (AvgIpc) is 3.25. The van der Waals surface area contributed by atoms with Gasteiger partial charge in [-0.1, -0.05) is 13.8 Å². The Morgan fingerprint density at radius 1 is 1.21 bits per heavy atom. The number of rotatable bonds is 4. The fourth-order valence-corrected chi connectivity index (χ4v) is 5.97. The monoisotopic (exact) mass is 497 g/mol. The topological polar surface area (TPSA) is 190 Å².